The lowest BCUT2D eigenvalue weighted by atomic mass is 9.88. The largest absolute Gasteiger partial charge is 0.373 e. The molecule has 3 nitrogen and oxygen atoms in total. The van der Waals surface area contributed by atoms with Crippen LogP contribution in [0.15, 0.2) is 0 Å². The summed E-state index contributed by atoms with van der Waals surface area (Å²) in [5.41, 5.74) is 0.221. The molecule has 2 saturated heterocycles. The van der Waals surface area contributed by atoms with E-state index in [0.29, 0.717) is 6.04 Å². The number of ether oxygens (including phenoxy) is 1. The van der Waals surface area contributed by atoms with Gasteiger partial charge in [-0.2, -0.15) is 0 Å². The topological polar surface area (TPSA) is 24.5 Å². The number of piperidine rings is 1. The van der Waals surface area contributed by atoms with Crippen molar-refractivity contribution in [2.24, 2.45) is 0 Å². The molecule has 0 unspecified atom stereocenters. The van der Waals surface area contributed by atoms with Gasteiger partial charge in [0.15, 0.2) is 0 Å². The molecule has 3 heteroatoms. The monoisotopic (exact) mass is 212 g/mol. The minimum Gasteiger partial charge on any atom is -0.373 e. The van der Waals surface area contributed by atoms with Crippen LogP contribution < -0.4 is 5.32 Å². The van der Waals surface area contributed by atoms with Gasteiger partial charge in [-0.05, 0) is 45.4 Å². The molecule has 0 amide bonds. The number of hydrogen-bond donors (Lipinski definition) is 1. The molecule has 2 fully saturated rings. The lowest BCUT2D eigenvalue weighted by Crippen LogP contribution is -2.43. The average molecular weight is 212 g/mol. The molecular weight excluding hydrogens is 188 g/mol. The maximum atomic E-state index is 6.10. The van der Waals surface area contributed by atoms with Gasteiger partial charge < -0.3 is 10.1 Å². The van der Waals surface area contributed by atoms with Gasteiger partial charge in [-0.3, -0.25) is 4.90 Å². The third-order valence-electron chi connectivity index (χ3n) is 4.03. The highest BCUT2D eigenvalue weighted by atomic mass is 16.5. The summed E-state index contributed by atoms with van der Waals surface area (Å²) in [7, 11) is 0. The van der Waals surface area contributed by atoms with Crippen LogP contribution in [0.1, 0.15) is 33.1 Å². The normalized spacial score (nSPS) is 30.2. The van der Waals surface area contributed by atoms with Crippen LogP contribution in [0.25, 0.3) is 0 Å². The van der Waals surface area contributed by atoms with E-state index in [1.165, 1.54) is 19.3 Å². The van der Waals surface area contributed by atoms with Crippen LogP contribution in [0.3, 0.4) is 0 Å². The predicted octanol–water partition coefficient (Wildman–Crippen LogP) is 1.24. The lowest BCUT2D eigenvalue weighted by molar-refractivity contribution is -0.0201. The molecule has 0 aromatic rings. The van der Waals surface area contributed by atoms with Gasteiger partial charge in [0.2, 0.25) is 0 Å². The van der Waals surface area contributed by atoms with Crippen LogP contribution in [-0.4, -0.2) is 49.3 Å². The first kappa shape index (κ1) is 11.4. The van der Waals surface area contributed by atoms with Gasteiger partial charge in [0, 0.05) is 6.04 Å². The van der Waals surface area contributed by atoms with E-state index in [9.17, 15) is 0 Å². The minimum atomic E-state index is 0.221. The zero-order valence-corrected chi connectivity index (χ0v) is 10.1. The Morgan fingerprint density at radius 3 is 2.53 bits per heavy atom. The highest BCUT2D eigenvalue weighted by Gasteiger charge is 2.42. The zero-order valence-electron chi connectivity index (χ0n) is 10.1. The third-order valence-corrected chi connectivity index (χ3v) is 4.03. The maximum absolute atomic E-state index is 6.10. The van der Waals surface area contributed by atoms with Crippen molar-refractivity contribution in [3.63, 3.8) is 0 Å². The molecule has 15 heavy (non-hydrogen) atoms. The standard InChI is InChI=1S/C12H24N2O/c1-3-14(4-2)11-9-12(15-10-11)5-7-13-8-6-12/h11,13H,3-10H2,1-2H3/t11-/m1/s1. The average Bonchev–Trinajstić information content (AvgIpc) is 2.65. The summed E-state index contributed by atoms with van der Waals surface area (Å²) in [4.78, 5) is 2.54. The van der Waals surface area contributed by atoms with Gasteiger partial charge >= 0.3 is 0 Å². The Morgan fingerprint density at radius 2 is 1.93 bits per heavy atom. The molecule has 0 aromatic carbocycles. The molecule has 0 saturated carbocycles. The second-order valence-corrected chi connectivity index (χ2v) is 4.82. The molecule has 0 aromatic heterocycles. The molecule has 0 aliphatic carbocycles. The van der Waals surface area contributed by atoms with E-state index in [1.54, 1.807) is 0 Å². The number of hydrogen-bond acceptors (Lipinski definition) is 3. The van der Waals surface area contributed by atoms with Crippen molar-refractivity contribution in [2.75, 3.05) is 32.8 Å². The van der Waals surface area contributed by atoms with Gasteiger partial charge in [0.25, 0.3) is 0 Å². The maximum Gasteiger partial charge on any atom is 0.0723 e. The van der Waals surface area contributed by atoms with Crippen molar-refractivity contribution in [2.45, 2.75) is 44.8 Å². The first-order valence-corrected chi connectivity index (χ1v) is 6.38. The van der Waals surface area contributed by atoms with E-state index in [2.05, 4.69) is 24.1 Å². The van der Waals surface area contributed by atoms with Crippen LogP contribution in [0.2, 0.25) is 0 Å². The van der Waals surface area contributed by atoms with Crippen molar-refractivity contribution in [1.82, 2.24) is 10.2 Å². The molecule has 2 aliphatic rings. The van der Waals surface area contributed by atoms with Gasteiger partial charge in [0.1, 0.15) is 0 Å². The van der Waals surface area contributed by atoms with E-state index in [0.717, 1.165) is 32.8 Å². The van der Waals surface area contributed by atoms with Gasteiger partial charge in [-0.15, -0.1) is 0 Å². The fourth-order valence-corrected chi connectivity index (χ4v) is 3.03. The van der Waals surface area contributed by atoms with Crippen molar-refractivity contribution in [3.05, 3.63) is 0 Å². The van der Waals surface area contributed by atoms with Crippen molar-refractivity contribution < 1.29 is 4.74 Å². The first-order valence-electron chi connectivity index (χ1n) is 6.38. The first-order chi connectivity index (χ1) is 7.29. The number of nitrogens with zero attached hydrogens (tertiary/aromatic N) is 1. The number of nitrogens with one attached hydrogen (secondary N) is 1. The summed E-state index contributed by atoms with van der Waals surface area (Å²) >= 11 is 0. The summed E-state index contributed by atoms with van der Waals surface area (Å²) in [6.07, 6.45) is 3.64. The van der Waals surface area contributed by atoms with Gasteiger partial charge in [-0.1, -0.05) is 13.8 Å². The van der Waals surface area contributed by atoms with Crippen LogP contribution >= 0.6 is 0 Å². The van der Waals surface area contributed by atoms with Crippen molar-refractivity contribution >= 4 is 0 Å². The van der Waals surface area contributed by atoms with Gasteiger partial charge in [0.05, 0.1) is 12.2 Å². The minimum absolute atomic E-state index is 0.221. The molecule has 1 atom stereocenters. The summed E-state index contributed by atoms with van der Waals surface area (Å²) < 4.78 is 6.10. The smallest absolute Gasteiger partial charge is 0.0723 e. The van der Waals surface area contributed by atoms with Gasteiger partial charge in [-0.25, -0.2) is 0 Å². The van der Waals surface area contributed by atoms with Crippen molar-refractivity contribution in [1.29, 1.82) is 0 Å². The van der Waals surface area contributed by atoms with E-state index in [1.807, 2.05) is 0 Å². The van der Waals surface area contributed by atoms with E-state index in [4.69, 9.17) is 4.74 Å². The predicted molar refractivity (Wildman–Crippen MR) is 62.1 cm³/mol. The highest BCUT2D eigenvalue weighted by molar-refractivity contribution is 4.95. The van der Waals surface area contributed by atoms with Crippen molar-refractivity contribution in [3.8, 4) is 0 Å². The van der Waals surface area contributed by atoms with E-state index < -0.39 is 0 Å². The summed E-state index contributed by atoms with van der Waals surface area (Å²) in [5.74, 6) is 0. The molecule has 0 radical (unpaired) electrons. The van der Waals surface area contributed by atoms with E-state index >= 15 is 0 Å². The second-order valence-electron chi connectivity index (χ2n) is 4.82. The SMILES string of the molecule is CCN(CC)[C@H]1COC2(CCNCC2)C1. The highest BCUT2D eigenvalue weighted by Crippen LogP contribution is 2.35. The Morgan fingerprint density at radius 1 is 1.27 bits per heavy atom. The molecule has 1 N–H and O–H groups in total. The molecular formula is C12H24N2O. The fraction of sp³-hybridized carbons (Fsp3) is 1.00. The van der Waals surface area contributed by atoms with Crippen LogP contribution in [0.4, 0.5) is 0 Å². The Kier molecular flexibility index (Phi) is 3.65. The molecule has 1 spiro atoms. The van der Waals surface area contributed by atoms with Crippen LogP contribution in [0, 0.1) is 0 Å². The molecule has 0 bridgehead atoms. The molecule has 88 valence electrons. The quantitative estimate of drug-likeness (QED) is 0.762. The lowest BCUT2D eigenvalue weighted by Gasteiger charge is -2.33. The third kappa shape index (κ3) is 2.35. The summed E-state index contributed by atoms with van der Waals surface area (Å²) in [6.45, 7) is 10.0. The molecule has 2 rings (SSSR count). The summed E-state index contributed by atoms with van der Waals surface area (Å²) in [6, 6.07) is 0.665. The van der Waals surface area contributed by atoms with Crippen LogP contribution in [-0.2, 0) is 4.74 Å². The molecule has 2 heterocycles. The fourth-order valence-electron chi connectivity index (χ4n) is 3.03. The number of likely N-dealkylation sites (N-methyl/N-ethyl adjacent to an activating group) is 1. The Balaban J connectivity index is 1.92. The Labute approximate surface area is 93.2 Å². The second kappa shape index (κ2) is 4.81. The van der Waals surface area contributed by atoms with Crippen LogP contribution in [0.5, 0.6) is 0 Å². The number of rotatable bonds is 3. The summed E-state index contributed by atoms with van der Waals surface area (Å²) in [5, 5.41) is 3.41. The molecule has 2 aliphatic heterocycles. The Hall–Kier alpha value is -0.120. The zero-order chi connectivity index (χ0) is 10.7. The Bertz CT molecular complexity index is 198. The van der Waals surface area contributed by atoms with E-state index in [-0.39, 0.29) is 5.60 Å².